The van der Waals surface area contributed by atoms with Crippen LogP contribution in [0.4, 0.5) is 5.69 Å². The lowest BCUT2D eigenvalue weighted by Gasteiger charge is -2.30. The number of para-hydroxylation sites is 1. The topological polar surface area (TPSA) is 29.5 Å². The summed E-state index contributed by atoms with van der Waals surface area (Å²) < 4.78 is 0. The van der Waals surface area contributed by atoms with E-state index in [2.05, 4.69) is 0 Å². The molecule has 1 amide bonds. The maximum Gasteiger partial charge on any atom is 0.254 e. The van der Waals surface area contributed by atoms with Crippen molar-refractivity contribution in [2.75, 3.05) is 12.2 Å². The maximum absolute atomic E-state index is 11.7. The van der Waals surface area contributed by atoms with Crippen LogP contribution in [0.15, 0.2) is 24.3 Å². The van der Waals surface area contributed by atoms with Gasteiger partial charge in [0.1, 0.15) is 0 Å². The Bertz CT molecular complexity index is 362. The first-order valence-electron chi connectivity index (χ1n) is 4.70. The van der Waals surface area contributed by atoms with Crippen molar-refractivity contribution in [3.63, 3.8) is 0 Å². The second-order valence-corrected chi connectivity index (χ2v) is 3.55. The van der Waals surface area contributed by atoms with E-state index < -0.39 is 0 Å². The first-order chi connectivity index (χ1) is 6.74. The molecular formula is C11H13NO2. The number of rotatable bonds is 1. The van der Waals surface area contributed by atoms with E-state index in [1.807, 2.05) is 31.2 Å². The summed E-state index contributed by atoms with van der Waals surface area (Å²) in [6, 6.07) is 7.83. The Labute approximate surface area is 83.2 Å². The molecular weight excluding hydrogens is 178 g/mol. The molecule has 1 unspecified atom stereocenters. The summed E-state index contributed by atoms with van der Waals surface area (Å²) in [6.07, 6.45) is 0.800. The van der Waals surface area contributed by atoms with E-state index in [1.54, 1.807) is 0 Å². The summed E-state index contributed by atoms with van der Waals surface area (Å²) in [5, 5.41) is 1.38. The van der Waals surface area contributed by atoms with Crippen molar-refractivity contribution in [3.8, 4) is 0 Å². The molecule has 74 valence electrons. The lowest BCUT2D eigenvalue weighted by molar-refractivity contribution is -0.128. The third-order valence-electron chi connectivity index (χ3n) is 2.54. The van der Waals surface area contributed by atoms with Crippen LogP contribution in [0.3, 0.4) is 0 Å². The summed E-state index contributed by atoms with van der Waals surface area (Å²) in [7, 11) is 1.52. The standard InChI is InChI=1S/C11H13NO2/c1-8-7-9-5-3-4-6-10(9)12(14-2)11(8)13/h3-6,8H,7H2,1-2H3. The molecule has 0 spiro atoms. The van der Waals surface area contributed by atoms with Crippen LogP contribution in [0.1, 0.15) is 12.5 Å². The molecule has 0 saturated carbocycles. The maximum atomic E-state index is 11.7. The molecule has 2 rings (SSSR count). The largest absolute Gasteiger partial charge is 0.272 e. The number of amides is 1. The highest BCUT2D eigenvalue weighted by atomic mass is 16.7. The van der Waals surface area contributed by atoms with E-state index in [4.69, 9.17) is 4.84 Å². The molecule has 1 heterocycles. The fourth-order valence-electron chi connectivity index (χ4n) is 1.81. The van der Waals surface area contributed by atoms with Gasteiger partial charge in [-0.05, 0) is 18.1 Å². The minimum absolute atomic E-state index is 0.00449. The number of hydrogen-bond donors (Lipinski definition) is 0. The van der Waals surface area contributed by atoms with Gasteiger partial charge in [-0.1, -0.05) is 25.1 Å². The van der Waals surface area contributed by atoms with Gasteiger partial charge in [0.15, 0.2) is 0 Å². The van der Waals surface area contributed by atoms with Crippen molar-refractivity contribution in [1.29, 1.82) is 0 Å². The van der Waals surface area contributed by atoms with Gasteiger partial charge in [0.05, 0.1) is 12.8 Å². The first-order valence-corrected chi connectivity index (χ1v) is 4.70. The molecule has 0 radical (unpaired) electrons. The van der Waals surface area contributed by atoms with Crippen molar-refractivity contribution in [3.05, 3.63) is 29.8 Å². The van der Waals surface area contributed by atoms with E-state index in [1.165, 1.54) is 17.7 Å². The van der Waals surface area contributed by atoms with Crippen LogP contribution in [-0.2, 0) is 16.1 Å². The lowest BCUT2D eigenvalue weighted by atomic mass is 9.94. The van der Waals surface area contributed by atoms with Crippen molar-refractivity contribution >= 4 is 11.6 Å². The van der Waals surface area contributed by atoms with E-state index in [0.29, 0.717) is 0 Å². The molecule has 0 aromatic heterocycles. The van der Waals surface area contributed by atoms with Crippen molar-refractivity contribution in [2.45, 2.75) is 13.3 Å². The Kier molecular flexibility index (Phi) is 2.25. The van der Waals surface area contributed by atoms with Gasteiger partial charge >= 0.3 is 0 Å². The number of carbonyl (C=O) groups excluding carboxylic acids is 1. The SMILES string of the molecule is CON1C(=O)C(C)Cc2ccccc21. The van der Waals surface area contributed by atoms with Crippen LogP contribution in [0, 0.1) is 5.92 Å². The monoisotopic (exact) mass is 191 g/mol. The van der Waals surface area contributed by atoms with Crippen molar-refractivity contribution < 1.29 is 9.63 Å². The molecule has 14 heavy (non-hydrogen) atoms. The quantitative estimate of drug-likeness (QED) is 0.677. The Balaban J connectivity index is 2.47. The number of hydrogen-bond acceptors (Lipinski definition) is 2. The van der Waals surface area contributed by atoms with E-state index >= 15 is 0 Å². The summed E-state index contributed by atoms with van der Waals surface area (Å²) in [5.41, 5.74) is 2.04. The minimum atomic E-state index is 0.00449. The van der Waals surface area contributed by atoms with Crippen LogP contribution in [-0.4, -0.2) is 13.0 Å². The Morgan fingerprint density at radius 3 is 2.86 bits per heavy atom. The van der Waals surface area contributed by atoms with Crippen LogP contribution in [0.5, 0.6) is 0 Å². The zero-order valence-corrected chi connectivity index (χ0v) is 8.36. The molecule has 1 aromatic rings. The molecule has 3 heteroatoms. The van der Waals surface area contributed by atoms with Gasteiger partial charge < -0.3 is 0 Å². The third-order valence-corrected chi connectivity index (χ3v) is 2.54. The Hall–Kier alpha value is -1.35. The van der Waals surface area contributed by atoms with Gasteiger partial charge in [0.25, 0.3) is 5.91 Å². The number of nitrogens with zero attached hydrogens (tertiary/aromatic N) is 1. The zero-order chi connectivity index (χ0) is 10.1. The summed E-state index contributed by atoms with van der Waals surface area (Å²) in [6.45, 7) is 1.92. The molecule has 1 aromatic carbocycles. The van der Waals surface area contributed by atoms with Gasteiger partial charge in [-0.25, -0.2) is 0 Å². The van der Waals surface area contributed by atoms with Crippen LogP contribution in [0.25, 0.3) is 0 Å². The Morgan fingerprint density at radius 2 is 2.14 bits per heavy atom. The summed E-state index contributed by atoms with van der Waals surface area (Å²) in [5.74, 6) is 0.0380. The van der Waals surface area contributed by atoms with Crippen molar-refractivity contribution in [1.82, 2.24) is 0 Å². The highest BCUT2D eigenvalue weighted by molar-refractivity contribution is 5.95. The highest BCUT2D eigenvalue weighted by Gasteiger charge is 2.29. The number of anilines is 1. The minimum Gasteiger partial charge on any atom is -0.272 e. The Morgan fingerprint density at radius 1 is 1.43 bits per heavy atom. The number of fused-ring (bicyclic) bond motifs is 1. The highest BCUT2D eigenvalue weighted by Crippen LogP contribution is 2.29. The average molecular weight is 191 g/mol. The molecule has 1 aliphatic heterocycles. The smallest absolute Gasteiger partial charge is 0.254 e. The first kappa shape index (κ1) is 9.21. The second kappa shape index (κ2) is 3.42. The number of carbonyl (C=O) groups is 1. The predicted octanol–water partition coefficient (Wildman–Crippen LogP) is 1.77. The fourth-order valence-corrected chi connectivity index (χ4v) is 1.81. The van der Waals surface area contributed by atoms with Gasteiger partial charge in [-0.3, -0.25) is 9.63 Å². The van der Waals surface area contributed by atoms with E-state index in [9.17, 15) is 4.79 Å². The average Bonchev–Trinajstić information content (AvgIpc) is 2.20. The van der Waals surface area contributed by atoms with Crippen LogP contribution < -0.4 is 5.06 Å². The molecule has 0 N–H and O–H groups in total. The van der Waals surface area contributed by atoms with Gasteiger partial charge in [-0.15, -0.1) is 0 Å². The van der Waals surface area contributed by atoms with Gasteiger partial charge in [0.2, 0.25) is 0 Å². The molecule has 0 saturated heterocycles. The predicted molar refractivity (Wildman–Crippen MR) is 53.8 cm³/mol. The molecule has 0 fully saturated rings. The third kappa shape index (κ3) is 1.30. The van der Waals surface area contributed by atoms with Crippen LogP contribution in [0.2, 0.25) is 0 Å². The zero-order valence-electron chi connectivity index (χ0n) is 8.36. The lowest BCUT2D eigenvalue weighted by Crippen LogP contribution is -2.39. The van der Waals surface area contributed by atoms with Gasteiger partial charge in [0, 0.05) is 5.92 Å². The summed E-state index contributed by atoms with van der Waals surface area (Å²) >= 11 is 0. The normalized spacial score (nSPS) is 20.9. The molecule has 0 aliphatic carbocycles. The van der Waals surface area contributed by atoms with Crippen molar-refractivity contribution in [2.24, 2.45) is 5.92 Å². The number of hydroxylamine groups is 1. The second-order valence-electron chi connectivity index (χ2n) is 3.55. The summed E-state index contributed by atoms with van der Waals surface area (Å²) in [4.78, 5) is 16.8. The van der Waals surface area contributed by atoms with E-state index in [-0.39, 0.29) is 11.8 Å². The molecule has 1 atom stereocenters. The fraction of sp³-hybridized carbons (Fsp3) is 0.364. The van der Waals surface area contributed by atoms with E-state index in [0.717, 1.165) is 12.1 Å². The van der Waals surface area contributed by atoms with Gasteiger partial charge in [-0.2, -0.15) is 5.06 Å². The molecule has 1 aliphatic rings. The number of benzene rings is 1. The van der Waals surface area contributed by atoms with Crippen LogP contribution >= 0.6 is 0 Å². The molecule has 0 bridgehead atoms. The molecule has 3 nitrogen and oxygen atoms in total.